The normalized spacial score (nSPS) is 13.5. The number of carbonyl (C=O) groups excluding carboxylic acids is 2. The van der Waals surface area contributed by atoms with Gasteiger partial charge in [-0.05, 0) is 50.1 Å². The molecule has 0 aromatic heterocycles. The van der Waals surface area contributed by atoms with Crippen LogP contribution in [0.3, 0.4) is 0 Å². The summed E-state index contributed by atoms with van der Waals surface area (Å²) in [6.45, 7) is 5.64. The maximum Gasteiger partial charge on any atom is 0.278 e. The highest BCUT2D eigenvalue weighted by Gasteiger charge is 2.39. The highest BCUT2D eigenvalue weighted by molar-refractivity contribution is 6.36. The van der Waals surface area contributed by atoms with Crippen LogP contribution in [0.2, 0.25) is 0 Å². The molecule has 33 heavy (non-hydrogen) atoms. The standard InChI is InChI=1S/C25H30N2O6/c1-5-32-14-8-13-27-24(28)22(17-11-12-20(30-3)21(15-17)31-4)23(25(27)29)26-18-9-7-10-19(16-18)33-6-2/h7,9-12,15-16,26H,5-6,8,13-14H2,1-4H3. The fourth-order valence-electron chi connectivity index (χ4n) is 3.60. The summed E-state index contributed by atoms with van der Waals surface area (Å²) in [6, 6.07) is 12.4. The van der Waals surface area contributed by atoms with E-state index in [4.69, 9.17) is 18.9 Å². The van der Waals surface area contributed by atoms with Crippen molar-refractivity contribution in [1.82, 2.24) is 4.90 Å². The van der Waals surface area contributed by atoms with Crippen LogP contribution in [0.25, 0.3) is 5.57 Å². The van der Waals surface area contributed by atoms with Gasteiger partial charge >= 0.3 is 0 Å². The quantitative estimate of drug-likeness (QED) is 0.386. The molecule has 2 amide bonds. The summed E-state index contributed by atoms with van der Waals surface area (Å²) in [5, 5.41) is 3.15. The van der Waals surface area contributed by atoms with Crippen LogP contribution in [-0.2, 0) is 14.3 Å². The first-order valence-corrected chi connectivity index (χ1v) is 10.9. The molecule has 2 aromatic carbocycles. The molecule has 3 rings (SSSR count). The maximum atomic E-state index is 13.4. The Bertz CT molecular complexity index is 1030. The zero-order valence-corrected chi connectivity index (χ0v) is 19.5. The Hall–Kier alpha value is -3.52. The van der Waals surface area contributed by atoms with Crippen molar-refractivity contribution < 1.29 is 28.5 Å². The summed E-state index contributed by atoms with van der Waals surface area (Å²) in [5.41, 5.74) is 1.68. The van der Waals surface area contributed by atoms with Crippen molar-refractivity contribution in [2.45, 2.75) is 20.3 Å². The van der Waals surface area contributed by atoms with E-state index in [1.807, 2.05) is 32.0 Å². The number of nitrogens with zero attached hydrogens (tertiary/aromatic N) is 1. The number of carbonyl (C=O) groups is 2. The molecule has 8 heteroatoms. The van der Waals surface area contributed by atoms with Crippen LogP contribution in [0.4, 0.5) is 5.69 Å². The van der Waals surface area contributed by atoms with E-state index in [2.05, 4.69) is 5.32 Å². The van der Waals surface area contributed by atoms with Crippen molar-refractivity contribution in [3.8, 4) is 17.2 Å². The van der Waals surface area contributed by atoms with Crippen molar-refractivity contribution >= 4 is 23.1 Å². The van der Waals surface area contributed by atoms with E-state index < -0.39 is 0 Å². The van der Waals surface area contributed by atoms with E-state index >= 15 is 0 Å². The second-order valence-electron chi connectivity index (χ2n) is 7.22. The van der Waals surface area contributed by atoms with Crippen LogP contribution in [-0.4, -0.2) is 57.3 Å². The van der Waals surface area contributed by atoms with Gasteiger partial charge in [0.1, 0.15) is 11.4 Å². The highest BCUT2D eigenvalue weighted by Crippen LogP contribution is 2.36. The van der Waals surface area contributed by atoms with E-state index in [1.54, 1.807) is 31.4 Å². The molecule has 0 fully saturated rings. The molecule has 0 spiro atoms. The first-order chi connectivity index (χ1) is 16.0. The third-order valence-corrected chi connectivity index (χ3v) is 5.13. The van der Waals surface area contributed by atoms with E-state index in [-0.39, 0.29) is 29.6 Å². The van der Waals surface area contributed by atoms with Crippen molar-refractivity contribution in [2.75, 3.05) is 45.9 Å². The zero-order chi connectivity index (χ0) is 23.8. The molecular weight excluding hydrogens is 424 g/mol. The van der Waals surface area contributed by atoms with E-state index in [1.165, 1.54) is 12.0 Å². The summed E-state index contributed by atoms with van der Waals surface area (Å²) in [5.74, 6) is 0.915. The molecular formula is C25H30N2O6. The van der Waals surface area contributed by atoms with Gasteiger partial charge in [-0.1, -0.05) is 12.1 Å². The Kier molecular flexibility index (Phi) is 8.32. The number of hydrogen-bond donors (Lipinski definition) is 1. The smallest absolute Gasteiger partial charge is 0.278 e. The average Bonchev–Trinajstić information content (AvgIpc) is 3.05. The molecule has 176 valence electrons. The van der Waals surface area contributed by atoms with Gasteiger partial charge in [0.2, 0.25) is 0 Å². The number of methoxy groups -OCH3 is 2. The molecule has 2 aromatic rings. The Balaban J connectivity index is 2.00. The largest absolute Gasteiger partial charge is 0.494 e. The average molecular weight is 455 g/mol. The van der Waals surface area contributed by atoms with Crippen LogP contribution < -0.4 is 19.5 Å². The van der Waals surface area contributed by atoms with Crippen molar-refractivity contribution in [3.63, 3.8) is 0 Å². The minimum absolute atomic E-state index is 0.206. The number of amides is 2. The maximum absolute atomic E-state index is 13.4. The molecule has 1 N–H and O–H groups in total. The Labute approximate surface area is 194 Å². The lowest BCUT2D eigenvalue weighted by molar-refractivity contribution is -0.137. The summed E-state index contributed by atoms with van der Waals surface area (Å²) in [7, 11) is 3.07. The van der Waals surface area contributed by atoms with Gasteiger partial charge in [-0.3, -0.25) is 14.5 Å². The SMILES string of the molecule is CCOCCCN1C(=O)C(Nc2cccc(OCC)c2)=C(c2ccc(OC)c(OC)c2)C1=O. The lowest BCUT2D eigenvalue weighted by atomic mass is 10.0. The van der Waals surface area contributed by atoms with Crippen molar-refractivity contribution in [3.05, 3.63) is 53.7 Å². The topological polar surface area (TPSA) is 86.3 Å². The number of imide groups is 1. The Morgan fingerprint density at radius 1 is 0.909 bits per heavy atom. The second kappa shape index (κ2) is 11.4. The monoisotopic (exact) mass is 454 g/mol. The molecule has 0 bridgehead atoms. The van der Waals surface area contributed by atoms with Gasteiger partial charge in [-0.2, -0.15) is 0 Å². The minimum atomic E-state index is -0.386. The van der Waals surface area contributed by atoms with Gasteiger partial charge in [-0.15, -0.1) is 0 Å². The molecule has 0 saturated heterocycles. The summed E-state index contributed by atoms with van der Waals surface area (Å²) >= 11 is 0. The zero-order valence-electron chi connectivity index (χ0n) is 19.5. The predicted molar refractivity (Wildman–Crippen MR) is 126 cm³/mol. The second-order valence-corrected chi connectivity index (χ2v) is 7.22. The van der Waals surface area contributed by atoms with E-state index in [0.29, 0.717) is 54.7 Å². The van der Waals surface area contributed by atoms with E-state index in [0.717, 1.165) is 0 Å². The first kappa shape index (κ1) is 24.1. The summed E-state index contributed by atoms with van der Waals surface area (Å²) in [4.78, 5) is 27.9. The third kappa shape index (κ3) is 5.46. The van der Waals surface area contributed by atoms with Crippen LogP contribution in [0, 0.1) is 0 Å². The van der Waals surface area contributed by atoms with Crippen molar-refractivity contribution in [2.24, 2.45) is 0 Å². The summed E-state index contributed by atoms with van der Waals surface area (Å²) < 4.78 is 21.6. The highest BCUT2D eigenvalue weighted by atomic mass is 16.5. The van der Waals surface area contributed by atoms with Gasteiger partial charge in [0.05, 0.1) is 26.4 Å². The predicted octanol–water partition coefficient (Wildman–Crippen LogP) is 3.72. The molecule has 1 aliphatic rings. The van der Waals surface area contributed by atoms with Crippen LogP contribution in [0.5, 0.6) is 17.2 Å². The summed E-state index contributed by atoms with van der Waals surface area (Å²) in [6.07, 6.45) is 0.553. The number of hydrogen-bond acceptors (Lipinski definition) is 7. The molecule has 0 saturated carbocycles. The number of nitrogens with one attached hydrogen (secondary N) is 1. The van der Waals surface area contributed by atoms with Crippen molar-refractivity contribution in [1.29, 1.82) is 0 Å². The van der Waals surface area contributed by atoms with Crippen LogP contribution in [0.15, 0.2) is 48.2 Å². The Morgan fingerprint density at radius 2 is 1.70 bits per heavy atom. The van der Waals surface area contributed by atoms with Gasteiger partial charge in [0.25, 0.3) is 11.8 Å². The lowest BCUT2D eigenvalue weighted by Gasteiger charge is -2.15. The molecule has 0 aliphatic carbocycles. The third-order valence-electron chi connectivity index (χ3n) is 5.13. The van der Waals surface area contributed by atoms with E-state index in [9.17, 15) is 9.59 Å². The number of rotatable bonds is 12. The van der Waals surface area contributed by atoms with Gasteiger partial charge in [0, 0.05) is 31.5 Å². The van der Waals surface area contributed by atoms with Gasteiger partial charge in [-0.25, -0.2) is 0 Å². The Morgan fingerprint density at radius 3 is 2.39 bits per heavy atom. The molecule has 0 radical (unpaired) electrons. The molecule has 1 aliphatic heterocycles. The minimum Gasteiger partial charge on any atom is -0.494 e. The molecule has 8 nitrogen and oxygen atoms in total. The molecule has 1 heterocycles. The molecule has 0 atom stereocenters. The van der Waals surface area contributed by atoms with Crippen LogP contribution >= 0.6 is 0 Å². The lowest BCUT2D eigenvalue weighted by Crippen LogP contribution is -2.34. The first-order valence-electron chi connectivity index (χ1n) is 10.9. The van der Waals surface area contributed by atoms with Gasteiger partial charge < -0.3 is 24.3 Å². The van der Waals surface area contributed by atoms with Gasteiger partial charge in [0.15, 0.2) is 11.5 Å². The molecule has 0 unspecified atom stereocenters. The fourth-order valence-corrected chi connectivity index (χ4v) is 3.60. The fraction of sp³-hybridized carbons (Fsp3) is 0.360. The van der Waals surface area contributed by atoms with Crippen LogP contribution in [0.1, 0.15) is 25.8 Å². The number of benzene rings is 2. The number of ether oxygens (including phenoxy) is 4. The number of anilines is 1.